The van der Waals surface area contributed by atoms with Gasteiger partial charge in [0.15, 0.2) is 4.77 Å². The van der Waals surface area contributed by atoms with E-state index in [2.05, 4.69) is 6.58 Å². The van der Waals surface area contributed by atoms with Crippen LogP contribution >= 0.6 is 23.8 Å². The van der Waals surface area contributed by atoms with Crippen LogP contribution in [0.5, 0.6) is 5.75 Å². The quantitative estimate of drug-likeness (QED) is 0.406. The van der Waals surface area contributed by atoms with Crippen molar-refractivity contribution in [1.29, 1.82) is 0 Å². The number of ether oxygens (including phenoxy) is 1. The average Bonchev–Trinajstić information content (AvgIpc) is 2.76. The summed E-state index contributed by atoms with van der Waals surface area (Å²) in [5.41, 5.74) is 2.65. The maximum Gasteiger partial charge on any atom is 0.333 e. The third-order valence-electron chi connectivity index (χ3n) is 5.05. The van der Waals surface area contributed by atoms with Crippen LogP contribution in [-0.4, -0.2) is 19.8 Å². The molecule has 0 aliphatic heterocycles. The van der Waals surface area contributed by atoms with Crippen LogP contribution in [-0.2, 0) is 13.6 Å². The molecule has 0 saturated carbocycles. The summed E-state index contributed by atoms with van der Waals surface area (Å²) in [6.45, 7) is 12.0. The van der Waals surface area contributed by atoms with E-state index < -0.39 is 0 Å². The number of halogens is 1. The van der Waals surface area contributed by atoms with Crippen molar-refractivity contribution in [2.45, 2.75) is 46.4 Å². The molecule has 0 radical (unpaired) electrons. The molecule has 6 nitrogen and oxygen atoms in total. The van der Waals surface area contributed by atoms with E-state index in [0.29, 0.717) is 27.6 Å². The van der Waals surface area contributed by atoms with Gasteiger partial charge in [0.2, 0.25) is 5.62 Å². The van der Waals surface area contributed by atoms with Crippen molar-refractivity contribution in [3.05, 3.63) is 86.1 Å². The largest absolute Gasteiger partial charge is 0.490 e. The summed E-state index contributed by atoms with van der Waals surface area (Å²) in [6.07, 6.45) is 1.77. The first-order valence-corrected chi connectivity index (χ1v) is 11.6. The fourth-order valence-electron chi connectivity index (χ4n) is 3.46. The molecule has 174 valence electrons. The lowest BCUT2D eigenvalue weighted by molar-refractivity contribution is 0.242. The minimum Gasteiger partial charge on any atom is -0.490 e. The van der Waals surface area contributed by atoms with Gasteiger partial charge in [-0.1, -0.05) is 36.4 Å². The molecule has 0 fully saturated rings. The predicted octanol–water partition coefficient (Wildman–Crippen LogP) is 5.66. The zero-order valence-electron chi connectivity index (χ0n) is 19.6. The Bertz CT molecular complexity index is 1350. The van der Waals surface area contributed by atoms with Gasteiger partial charge in [-0.3, -0.25) is 13.7 Å². The van der Waals surface area contributed by atoms with Crippen LogP contribution in [0.15, 0.2) is 58.8 Å². The molecule has 0 amide bonds. The summed E-state index contributed by atoms with van der Waals surface area (Å²) < 4.78 is 11.2. The van der Waals surface area contributed by atoms with Crippen molar-refractivity contribution in [2.75, 3.05) is 0 Å². The van der Waals surface area contributed by atoms with Crippen LogP contribution in [0.3, 0.4) is 0 Å². The molecule has 0 bridgehead atoms. The number of hydrogen-bond donors (Lipinski definition) is 0. The van der Waals surface area contributed by atoms with E-state index in [4.69, 9.17) is 33.5 Å². The third-order valence-corrected chi connectivity index (χ3v) is 5.77. The van der Waals surface area contributed by atoms with E-state index in [1.807, 2.05) is 65.1 Å². The van der Waals surface area contributed by atoms with Crippen molar-refractivity contribution in [3.63, 3.8) is 0 Å². The Hall–Kier alpha value is -2.90. The Morgan fingerprint density at radius 3 is 2.39 bits per heavy atom. The van der Waals surface area contributed by atoms with Gasteiger partial charge in [-0.15, -0.1) is 0 Å². The van der Waals surface area contributed by atoms with Gasteiger partial charge in [-0.25, -0.2) is 9.79 Å². The molecule has 3 aromatic rings. The molecule has 0 aliphatic rings. The molecule has 0 spiro atoms. The van der Waals surface area contributed by atoms with E-state index in [-0.39, 0.29) is 17.8 Å². The molecule has 0 aliphatic carbocycles. The molecule has 1 aromatic heterocycles. The predicted molar refractivity (Wildman–Crippen MR) is 137 cm³/mol. The maximum atomic E-state index is 13.5. The normalized spacial score (nSPS) is 11.9. The molecule has 3 rings (SSSR count). The fourth-order valence-corrected chi connectivity index (χ4v) is 3.95. The summed E-state index contributed by atoms with van der Waals surface area (Å²) in [4.78, 5) is 18.3. The van der Waals surface area contributed by atoms with Crippen molar-refractivity contribution in [2.24, 2.45) is 12.0 Å². The summed E-state index contributed by atoms with van der Waals surface area (Å²) in [5.74, 6) is 0.733. The minimum atomic E-state index is -0.217. The highest BCUT2D eigenvalue weighted by molar-refractivity contribution is 7.71. The third kappa shape index (κ3) is 5.54. The second kappa shape index (κ2) is 10.4. The molecular formula is C25H29ClN4O2S. The van der Waals surface area contributed by atoms with Gasteiger partial charge < -0.3 is 4.74 Å². The fraction of sp³-hybridized carbons (Fsp3) is 0.320. The number of nitrogens with zero attached hydrogens (tertiary/aromatic N) is 4. The van der Waals surface area contributed by atoms with Crippen LogP contribution in [0.25, 0.3) is 6.08 Å². The highest BCUT2D eigenvalue weighted by Gasteiger charge is 2.14. The van der Waals surface area contributed by atoms with Gasteiger partial charge in [-0.2, -0.15) is 0 Å². The Morgan fingerprint density at radius 2 is 1.82 bits per heavy atom. The van der Waals surface area contributed by atoms with Crippen LogP contribution in [0.1, 0.15) is 44.9 Å². The molecule has 0 saturated heterocycles. The van der Waals surface area contributed by atoms with E-state index in [0.717, 1.165) is 16.9 Å². The first-order chi connectivity index (χ1) is 15.6. The summed E-state index contributed by atoms with van der Waals surface area (Å²) >= 11 is 11.7. The second-order valence-electron chi connectivity index (χ2n) is 8.31. The first-order valence-electron chi connectivity index (χ1n) is 10.8. The highest BCUT2D eigenvalue weighted by atomic mass is 35.5. The minimum absolute atomic E-state index is 0.0391. The highest BCUT2D eigenvalue weighted by Crippen LogP contribution is 2.26. The Kier molecular flexibility index (Phi) is 7.76. The van der Waals surface area contributed by atoms with Gasteiger partial charge in [0.1, 0.15) is 5.75 Å². The molecule has 2 aromatic carbocycles. The first kappa shape index (κ1) is 24.7. The Balaban J connectivity index is 2.27. The summed E-state index contributed by atoms with van der Waals surface area (Å²) in [7, 11) is 1.82. The van der Waals surface area contributed by atoms with Gasteiger partial charge >= 0.3 is 5.69 Å². The molecule has 8 heteroatoms. The standard InChI is InChI=1S/C25H29ClN4O2S/c1-7-19-14-21(12-13-22(19)32-17(4)5)27-23-28(6)25(33)30(16(2)3)24(31)29(23)15-18-8-10-20(26)11-9-18/h7-14,16-17H,1,15H2,2-6H3/b27-23+. The van der Waals surface area contributed by atoms with Crippen LogP contribution in [0.2, 0.25) is 5.02 Å². The van der Waals surface area contributed by atoms with E-state index in [1.165, 1.54) is 0 Å². The van der Waals surface area contributed by atoms with Crippen molar-refractivity contribution in [1.82, 2.24) is 13.7 Å². The van der Waals surface area contributed by atoms with Crippen molar-refractivity contribution >= 4 is 35.6 Å². The molecule has 1 heterocycles. The van der Waals surface area contributed by atoms with Gasteiger partial charge in [0, 0.05) is 23.7 Å². The molecule has 0 N–H and O–H groups in total. The Morgan fingerprint density at radius 1 is 1.15 bits per heavy atom. The van der Waals surface area contributed by atoms with Gasteiger partial charge in [-0.05, 0) is 75.8 Å². The van der Waals surface area contributed by atoms with E-state index in [9.17, 15) is 4.79 Å². The molecule has 0 atom stereocenters. The van der Waals surface area contributed by atoms with Crippen molar-refractivity contribution < 1.29 is 4.74 Å². The zero-order valence-corrected chi connectivity index (χ0v) is 21.2. The second-order valence-corrected chi connectivity index (χ2v) is 9.11. The van der Waals surface area contributed by atoms with E-state index in [1.54, 1.807) is 31.9 Å². The van der Waals surface area contributed by atoms with Crippen molar-refractivity contribution in [3.8, 4) is 5.75 Å². The Labute approximate surface area is 204 Å². The van der Waals surface area contributed by atoms with E-state index >= 15 is 0 Å². The van der Waals surface area contributed by atoms with Crippen LogP contribution < -0.4 is 16.0 Å². The summed E-state index contributed by atoms with van der Waals surface area (Å²) in [6, 6.07) is 12.9. The number of hydrogen-bond acceptors (Lipinski definition) is 4. The average molecular weight is 485 g/mol. The molecule has 0 unspecified atom stereocenters. The van der Waals surface area contributed by atoms with Gasteiger partial charge in [0.25, 0.3) is 0 Å². The molecular weight excluding hydrogens is 456 g/mol. The number of benzene rings is 2. The topological polar surface area (TPSA) is 53.5 Å². The monoisotopic (exact) mass is 484 g/mol. The number of aromatic nitrogens is 3. The molecule has 33 heavy (non-hydrogen) atoms. The van der Waals surface area contributed by atoms with Gasteiger partial charge in [0.05, 0.1) is 18.3 Å². The number of rotatable bonds is 7. The summed E-state index contributed by atoms with van der Waals surface area (Å²) in [5, 5.41) is 0.639. The maximum absolute atomic E-state index is 13.5. The SMILES string of the molecule is C=Cc1cc(/N=c2\n(C)c(=S)n(C(C)C)c(=O)n2Cc2ccc(Cl)cc2)ccc1OC(C)C. The smallest absolute Gasteiger partial charge is 0.333 e. The van der Waals surface area contributed by atoms with Crippen LogP contribution in [0.4, 0.5) is 5.69 Å². The lowest BCUT2D eigenvalue weighted by atomic mass is 10.1. The van der Waals surface area contributed by atoms with Crippen LogP contribution in [0, 0.1) is 4.77 Å². The zero-order chi connectivity index (χ0) is 24.3. The lowest BCUT2D eigenvalue weighted by Gasteiger charge is -2.18. The lowest BCUT2D eigenvalue weighted by Crippen LogP contribution is -2.46.